The Bertz CT molecular complexity index is 241. The zero-order valence-electron chi connectivity index (χ0n) is 10.0. The third kappa shape index (κ3) is 3.54. The van der Waals surface area contributed by atoms with Gasteiger partial charge in [-0.15, -0.1) is 0 Å². The molecular weight excluding hydrogens is 191 g/mol. The first kappa shape index (κ1) is 12.6. The van der Waals surface area contributed by atoms with Gasteiger partial charge in [0.2, 0.25) is 0 Å². The predicted octanol–water partition coefficient (Wildman–Crippen LogP) is 1.82. The molecule has 1 aliphatic heterocycles. The van der Waals surface area contributed by atoms with Crippen LogP contribution in [0.25, 0.3) is 0 Å². The second kappa shape index (κ2) is 4.58. The maximum absolute atomic E-state index is 9.88. The van der Waals surface area contributed by atoms with Gasteiger partial charge in [-0.25, -0.2) is 0 Å². The Labute approximate surface area is 92.7 Å². The number of hydrogen-bond donors (Lipinski definition) is 1. The summed E-state index contributed by atoms with van der Waals surface area (Å²) in [5, 5.41) is 9.88. The monoisotopic (exact) mass is 211 g/mol. The molecule has 0 aromatic rings. The van der Waals surface area contributed by atoms with Gasteiger partial charge in [0.25, 0.3) is 0 Å². The largest absolute Gasteiger partial charge is 0.502 e. The molecule has 0 saturated heterocycles. The van der Waals surface area contributed by atoms with Crippen molar-refractivity contribution in [3.63, 3.8) is 0 Å². The number of allylic oxidation sites excluding steroid dienone is 1. The summed E-state index contributed by atoms with van der Waals surface area (Å²) in [5.74, 6) is 0. The summed E-state index contributed by atoms with van der Waals surface area (Å²) in [6.45, 7) is 8.01. The summed E-state index contributed by atoms with van der Waals surface area (Å²) in [6, 6.07) is 0. The molecule has 0 aromatic carbocycles. The van der Waals surface area contributed by atoms with Gasteiger partial charge in [-0.05, 0) is 46.0 Å². The van der Waals surface area contributed by atoms with Crippen molar-refractivity contribution in [1.29, 1.82) is 0 Å². The summed E-state index contributed by atoms with van der Waals surface area (Å²) in [7, 11) is 1.69. The molecule has 0 amide bonds. The van der Waals surface area contributed by atoms with Crippen molar-refractivity contribution in [2.45, 2.75) is 51.7 Å². The summed E-state index contributed by atoms with van der Waals surface area (Å²) in [4.78, 5) is 0. The van der Waals surface area contributed by atoms with Crippen LogP contribution in [-0.2, 0) is 9.39 Å². The van der Waals surface area contributed by atoms with Crippen LogP contribution in [0.5, 0.6) is 0 Å². The molecule has 0 saturated carbocycles. The standard InChI is InChI=1S/C11H20BO3/c1-10(2,13)11(3,4)15-12-9-6-5-7-14-8-9/h8,13H,5-7H2,1-4H3. The van der Waals surface area contributed by atoms with Crippen molar-refractivity contribution in [3.05, 3.63) is 11.7 Å². The van der Waals surface area contributed by atoms with Gasteiger partial charge < -0.3 is 14.5 Å². The highest BCUT2D eigenvalue weighted by molar-refractivity contribution is 6.38. The van der Waals surface area contributed by atoms with Crippen LogP contribution < -0.4 is 0 Å². The minimum absolute atomic E-state index is 0.606. The van der Waals surface area contributed by atoms with Gasteiger partial charge in [0.15, 0.2) is 0 Å². The van der Waals surface area contributed by atoms with E-state index in [2.05, 4.69) is 0 Å². The molecule has 1 radical (unpaired) electrons. The van der Waals surface area contributed by atoms with E-state index in [1.807, 2.05) is 13.8 Å². The average Bonchev–Trinajstić information content (AvgIpc) is 2.15. The van der Waals surface area contributed by atoms with E-state index in [0.717, 1.165) is 24.9 Å². The molecule has 1 aliphatic rings. The van der Waals surface area contributed by atoms with E-state index < -0.39 is 11.2 Å². The van der Waals surface area contributed by atoms with Gasteiger partial charge in [0.1, 0.15) is 0 Å². The topological polar surface area (TPSA) is 38.7 Å². The number of ether oxygens (including phenoxy) is 1. The Morgan fingerprint density at radius 2 is 2.07 bits per heavy atom. The maximum Gasteiger partial charge on any atom is 0.329 e. The summed E-state index contributed by atoms with van der Waals surface area (Å²) in [5.41, 5.74) is -0.441. The molecule has 0 atom stereocenters. The van der Waals surface area contributed by atoms with Crippen LogP contribution in [0, 0.1) is 0 Å². The Balaban J connectivity index is 2.45. The van der Waals surface area contributed by atoms with E-state index in [0.29, 0.717) is 0 Å². The molecule has 1 rings (SSSR count). The zero-order chi connectivity index (χ0) is 11.5. The molecule has 0 spiro atoms. The number of aliphatic hydroxyl groups is 1. The first-order chi connectivity index (χ1) is 6.83. The van der Waals surface area contributed by atoms with Gasteiger partial charge in [0.05, 0.1) is 24.1 Å². The van der Waals surface area contributed by atoms with Crippen molar-refractivity contribution in [2.24, 2.45) is 0 Å². The van der Waals surface area contributed by atoms with E-state index in [4.69, 9.17) is 9.39 Å². The lowest BCUT2D eigenvalue weighted by Crippen LogP contribution is -2.48. The molecule has 85 valence electrons. The van der Waals surface area contributed by atoms with E-state index in [9.17, 15) is 5.11 Å². The molecule has 3 nitrogen and oxygen atoms in total. The molecule has 0 unspecified atom stereocenters. The van der Waals surface area contributed by atoms with Crippen LogP contribution in [-0.4, -0.2) is 30.4 Å². The lowest BCUT2D eigenvalue weighted by Gasteiger charge is -2.37. The average molecular weight is 211 g/mol. The van der Waals surface area contributed by atoms with Crippen molar-refractivity contribution < 1.29 is 14.5 Å². The van der Waals surface area contributed by atoms with Crippen LogP contribution >= 0.6 is 0 Å². The smallest absolute Gasteiger partial charge is 0.329 e. The lowest BCUT2D eigenvalue weighted by molar-refractivity contribution is -0.0898. The Kier molecular flexibility index (Phi) is 3.84. The van der Waals surface area contributed by atoms with Gasteiger partial charge in [-0.3, -0.25) is 0 Å². The van der Waals surface area contributed by atoms with Crippen LogP contribution in [0.1, 0.15) is 40.5 Å². The minimum atomic E-state index is -0.875. The zero-order valence-corrected chi connectivity index (χ0v) is 10.0. The van der Waals surface area contributed by atoms with Crippen LogP contribution in [0.4, 0.5) is 0 Å². The van der Waals surface area contributed by atoms with Crippen molar-refractivity contribution >= 4 is 7.48 Å². The van der Waals surface area contributed by atoms with Crippen molar-refractivity contribution in [3.8, 4) is 0 Å². The highest BCUT2D eigenvalue weighted by Crippen LogP contribution is 2.25. The van der Waals surface area contributed by atoms with Gasteiger partial charge in [-0.2, -0.15) is 0 Å². The van der Waals surface area contributed by atoms with Crippen molar-refractivity contribution in [2.75, 3.05) is 6.61 Å². The Morgan fingerprint density at radius 1 is 1.40 bits per heavy atom. The second-order valence-corrected chi connectivity index (χ2v) is 4.97. The molecule has 1 N–H and O–H groups in total. The minimum Gasteiger partial charge on any atom is -0.502 e. The van der Waals surface area contributed by atoms with E-state index in [1.54, 1.807) is 27.6 Å². The molecular formula is C11H20BO3. The molecule has 0 fully saturated rings. The molecule has 1 heterocycles. The number of rotatable bonds is 4. The predicted molar refractivity (Wildman–Crippen MR) is 60.5 cm³/mol. The Hall–Kier alpha value is -0.475. The summed E-state index contributed by atoms with van der Waals surface area (Å²) in [6.07, 6.45) is 3.72. The van der Waals surface area contributed by atoms with Crippen molar-refractivity contribution in [1.82, 2.24) is 0 Å². The normalized spacial score (nSPS) is 18.1. The van der Waals surface area contributed by atoms with Crippen LogP contribution in [0.2, 0.25) is 0 Å². The first-order valence-electron chi connectivity index (χ1n) is 5.37. The third-order valence-corrected chi connectivity index (χ3v) is 2.94. The van der Waals surface area contributed by atoms with Crippen LogP contribution in [0.3, 0.4) is 0 Å². The fourth-order valence-corrected chi connectivity index (χ4v) is 1.04. The molecule has 0 aromatic heterocycles. The first-order valence-corrected chi connectivity index (χ1v) is 5.37. The second-order valence-electron chi connectivity index (χ2n) is 4.97. The molecule has 15 heavy (non-hydrogen) atoms. The third-order valence-electron chi connectivity index (χ3n) is 2.94. The van der Waals surface area contributed by atoms with Gasteiger partial charge >= 0.3 is 7.48 Å². The fraction of sp³-hybridized carbons (Fsp3) is 0.818. The fourth-order valence-electron chi connectivity index (χ4n) is 1.04. The maximum atomic E-state index is 9.88. The lowest BCUT2D eigenvalue weighted by atomic mass is 9.80. The van der Waals surface area contributed by atoms with Crippen LogP contribution in [0.15, 0.2) is 11.7 Å². The quantitative estimate of drug-likeness (QED) is 0.721. The van der Waals surface area contributed by atoms with E-state index >= 15 is 0 Å². The molecule has 0 bridgehead atoms. The van der Waals surface area contributed by atoms with Gasteiger partial charge in [0, 0.05) is 0 Å². The van der Waals surface area contributed by atoms with Gasteiger partial charge in [-0.1, -0.05) is 0 Å². The summed E-state index contributed by atoms with van der Waals surface area (Å²) >= 11 is 0. The number of hydrogen-bond acceptors (Lipinski definition) is 3. The van der Waals surface area contributed by atoms with E-state index in [1.165, 1.54) is 0 Å². The van der Waals surface area contributed by atoms with E-state index in [-0.39, 0.29) is 0 Å². The molecule has 4 heteroatoms. The highest BCUT2D eigenvalue weighted by atomic mass is 16.5. The Morgan fingerprint density at radius 3 is 2.53 bits per heavy atom. The summed E-state index contributed by atoms with van der Waals surface area (Å²) < 4.78 is 10.8. The molecule has 0 aliphatic carbocycles. The highest BCUT2D eigenvalue weighted by Gasteiger charge is 2.35. The SMILES string of the molecule is CC(C)(O)C(C)(C)O[B]C1=COCCC1.